The number of likely N-dealkylation sites (tertiary alicyclic amines) is 1. The maximum atomic E-state index is 13.9. The Morgan fingerprint density at radius 1 is 0.923 bits per heavy atom. The quantitative estimate of drug-likeness (QED) is 0.300. The summed E-state index contributed by atoms with van der Waals surface area (Å²) in [6, 6.07) is -4.49. The maximum Gasteiger partial charge on any atom is 0.461 e. The molecule has 0 aromatic rings. The second kappa shape index (κ2) is 13.1. The van der Waals surface area contributed by atoms with Crippen LogP contribution in [0.3, 0.4) is 0 Å². The standard InChI is InChI=1S/C24H35F5N4O6/c1-13(2)18(30-16(34)12-17(35)32-8-10-39-11-9-32)22(38)31-21(37)15-6-5-7-33(15)19(14(3)4)20(36)23(25,26)24(27,28)29/h13-15,18-19H,5-12H2,1-4H3,(H,30,34)(H,31,37,38)/t15-,18-,19?/m0/s1. The Morgan fingerprint density at radius 2 is 1.51 bits per heavy atom. The highest BCUT2D eigenvalue weighted by atomic mass is 19.4. The number of halogens is 5. The van der Waals surface area contributed by atoms with Gasteiger partial charge in [0.25, 0.3) is 0 Å². The first-order valence-corrected chi connectivity index (χ1v) is 12.7. The summed E-state index contributed by atoms with van der Waals surface area (Å²) in [6.45, 7) is 6.93. The molecule has 2 aliphatic rings. The van der Waals surface area contributed by atoms with Gasteiger partial charge in [0.1, 0.15) is 12.5 Å². The van der Waals surface area contributed by atoms with Crippen molar-refractivity contribution in [2.75, 3.05) is 32.8 Å². The van der Waals surface area contributed by atoms with Gasteiger partial charge >= 0.3 is 12.1 Å². The number of Topliss-reactive ketones (excluding diaryl/α,β-unsaturated/α-hetero) is 1. The molecule has 2 aliphatic heterocycles. The van der Waals surface area contributed by atoms with Crippen LogP contribution in [-0.2, 0) is 28.7 Å². The van der Waals surface area contributed by atoms with E-state index in [2.05, 4.69) is 10.6 Å². The Bertz CT molecular complexity index is 936. The predicted molar refractivity (Wildman–Crippen MR) is 126 cm³/mol. The highest BCUT2D eigenvalue weighted by Crippen LogP contribution is 2.39. The summed E-state index contributed by atoms with van der Waals surface area (Å²) < 4.78 is 71.7. The number of hydrogen-bond donors (Lipinski definition) is 2. The largest absolute Gasteiger partial charge is 0.461 e. The number of carbonyl (C=O) groups excluding carboxylic acids is 5. The third-order valence-electron chi connectivity index (χ3n) is 6.71. The first-order chi connectivity index (χ1) is 18.0. The molecule has 2 saturated heterocycles. The van der Waals surface area contributed by atoms with E-state index in [1.807, 2.05) is 0 Å². The van der Waals surface area contributed by atoms with Crippen molar-refractivity contribution in [2.45, 2.75) is 77.2 Å². The van der Waals surface area contributed by atoms with Crippen molar-refractivity contribution in [1.82, 2.24) is 20.4 Å². The van der Waals surface area contributed by atoms with Crippen LogP contribution in [-0.4, -0.2) is 102 Å². The maximum absolute atomic E-state index is 13.9. The van der Waals surface area contributed by atoms with Crippen LogP contribution in [0.1, 0.15) is 47.0 Å². The summed E-state index contributed by atoms with van der Waals surface area (Å²) in [5.74, 6) is -12.7. The molecule has 0 aliphatic carbocycles. The minimum atomic E-state index is -6.10. The van der Waals surface area contributed by atoms with Crippen molar-refractivity contribution >= 4 is 29.4 Å². The van der Waals surface area contributed by atoms with E-state index in [9.17, 15) is 45.9 Å². The molecule has 0 aromatic carbocycles. The van der Waals surface area contributed by atoms with Crippen molar-refractivity contribution in [1.29, 1.82) is 0 Å². The van der Waals surface area contributed by atoms with Crippen LogP contribution in [0.15, 0.2) is 0 Å². The second-order valence-corrected chi connectivity index (χ2v) is 10.3. The highest BCUT2D eigenvalue weighted by molar-refractivity contribution is 6.03. The molecule has 0 radical (unpaired) electrons. The smallest absolute Gasteiger partial charge is 0.378 e. The first-order valence-electron chi connectivity index (χ1n) is 12.7. The zero-order chi connectivity index (χ0) is 29.7. The average molecular weight is 571 g/mol. The van der Waals surface area contributed by atoms with Gasteiger partial charge in [0, 0.05) is 13.1 Å². The van der Waals surface area contributed by atoms with Gasteiger partial charge in [-0.2, -0.15) is 22.0 Å². The molecule has 0 spiro atoms. The lowest BCUT2D eigenvalue weighted by atomic mass is 9.93. The fourth-order valence-corrected chi connectivity index (χ4v) is 4.67. The van der Waals surface area contributed by atoms with Crippen LogP contribution in [0.5, 0.6) is 0 Å². The van der Waals surface area contributed by atoms with Crippen LogP contribution < -0.4 is 10.6 Å². The van der Waals surface area contributed by atoms with Gasteiger partial charge in [-0.25, -0.2) is 0 Å². The number of alkyl halides is 5. The van der Waals surface area contributed by atoms with Crippen molar-refractivity contribution < 1.29 is 50.7 Å². The van der Waals surface area contributed by atoms with Gasteiger partial charge in [0.15, 0.2) is 0 Å². The van der Waals surface area contributed by atoms with Crippen LogP contribution in [0, 0.1) is 11.8 Å². The molecule has 2 rings (SSSR count). The normalized spacial score (nSPS) is 20.6. The Balaban J connectivity index is 2.10. The monoisotopic (exact) mass is 570 g/mol. The molecule has 15 heteroatoms. The predicted octanol–water partition coefficient (Wildman–Crippen LogP) is 1.27. The zero-order valence-electron chi connectivity index (χ0n) is 22.3. The van der Waals surface area contributed by atoms with Crippen LogP contribution in [0.2, 0.25) is 0 Å². The summed E-state index contributed by atoms with van der Waals surface area (Å²) in [4.78, 5) is 65.4. The molecule has 4 amide bonds. The summed E-state index contributed by atoms with van der Waals surface area (Å²) in [5.41, 5.74) is 0. The summed E-state index contributed by atoms with van der Waals surface area (Å²) >= 11 is 0. The number of amides is 4. The number of hydrogen-bond acceptors (Lipinski definition) is 7. The highest BCUT2D eigenvalue weighted by Gasteiger charge is 2.65. The van der Waals surface area contributed by atoms with Gasteiger partial charge in [-0.05, 0) is 31.2 Å². The number of ether oxygens (including phenoxy) is 1. The van der Waals surface area contributed by atoms with E-state index in [0.29, 0.717) is 26.3 Å². The summed E-state index contributed by atoms with van der Waals surface area (Å²) in [5, 5.41) is 4.51. The lowest BCUT2D eigenvalue weighted by molar-refractivity contribution is -0.271. The Hall–Kier alpha value is -2.68. The lowest BCUT2D eigenvalue weighted by Gasteiger charge is -2.36. The van der Waals surface area contributed by atoms with Crippen molar-refractivity contribution in [3.05, 3.63) is 0 Å². The molecule has 222 valence electrons. The molecular weight excluding hydrogens is 535 g/mol. The van der Waals surface area contributed by atoms with Crippen molar-refractivity contribution in [3.63, 3.8) is 0 Å². The molecule has 0 saturated carbocycles. The number of rotatable bonds is 10. The van der Waals surface area contributed by atoms with Gasteiger partial charge in [-0.1, -0.05) is 27.7 Å². The molecule has 2 N–H and O–H groups in total. The number of ketones is 1. The van der Waals surface area contributed by atoms with Gasteiger partial charge in [-0.15, -0.1) is 0 Å². The summed E-state index contributed by atoms with van der Waals surface area (Å²) in [7, 11) is 0. The fourth-order valence-electron chi connectivity index (χ4n) is 4.67. The molecule has 39 heavy (non-hydrogen) atoms. The Kier molecular flexibility index (Phi) is 10.9. The third-order valence-corrected chi connectivity index (χ3v) is 6.71. The lowest BCUT2D eigenvalue weighted by Crippen LogP contribution is -2.60. The topological polar surface area (TPSA) is 125 Å². The van der Waals surface area contributed by atoms with Gasteiger partial charge in [-0.3, -0.25) is 34.2 Å². The van der Waals surface area contributed by atoms with E-state index in [-0.39, 0.29) is 19.4 Å². The average Bonchev–Trinajstić information content (AvgIpc) is 3.31. The molecular formula is C24H35F5N4O6. The fraction of sp³-hybridized carbons (Fsp3) is 0.792. The first kappa shape index (κ1) is 32.5. The molecule has 2 heterocycles. The Labute approximate surface area is 222 Å². The van der Waals surface area contributed by atoms with Gasteiger partial charge in [0.2, 0.25) is 29.4 Å². The van der Waals surface area contributed by atoms with Crippen LogP contribution >= 0.6 is 0 Å². The second-order valence-electron chi connectivity index (χ2n) is 10.3. The number of nitrogens with one attached hydrogen (secondary N) is 2. The van der Waals surface area contributed by atoms with Gasteiger partial charge in [0.05, 0.1) is 25.3 Å². The van der Waals surface area contributed by atoms with Crippen molar-refractivity contribution in [2.24, 2.45) is 11.8 Å². The summed E-state index contributed by atoms with van der Waals surface area (Å²) in [6.07, 6.45) is -6.41. The molecule has 2 fully saturated rings. The Morgan fingerprint density at radius 3 is 2.03 bits per heavy atom. The van der Waals surface area contributed by atoms with E-state index in [0.717, 1.165) is 4.90 Å². The van der Waals surface area contributed by atoms with E-state index >= 15 is 0 Å². The SMILES string of the molecule is CC(C)C(C(=O)C(F)(F)C(F)(F)F)N1CCC[C@H]1C(=O)NC(=O)[C@@H](NC(=O)CC(=O)N1CCOCC1)C(C)C. The molecule has 0 aromatic heterocycles. The van der Waals surface area contributed by atoms with Crippen molar-refractivity contribution in [3.8, 4) is 0 Å². The minimum absolute atomic E-state index is 0.0138. The zero-order valence-corrected chi connectivity index (χ0v) is 22.3. The molecule has 1 unspecified atom stereocenters. The number of carbonyl (C=O) groups is 5. The van der Waals surface area contributed by atoms with E-state index in [1.165, 1.54) is 18.7 Å². The number of nitrogens with zero attached hydrogens (tertiary/aromatic N) is 2. The molecule has 3 atom stereocenters. The van der Waals surface area contributed by atoms with E-state index < -0.39 is 77.9 Å². The van der Waals surface area contributed by atoms with E-state index in [4.69, 9.17) is 4.74 Å². The van der Waals surface area contributed by atoms with E-state index in [1.54, 1.807) is 13.8 Å². The third kappa shape index (κ3) is 7.93. The van der Waals surface area contributed by atoms with Crippen LogP contribution in [0.25, 0.3) is 0 Å². The number of morpholine rings is 1. The molecule has 10 nitrogen and oxygen atoms in total. The minimum Gasteiger partial charge on any atom is -0.378 e. The van der Waals surface area contributed by atoms with Gasteiger partial charge < -0.3 is 15.0 Å². The molecule has 0 bridgehead atoms. The van der Waals surface area contributed by atoms with Crippen LogP contribution in [0.4, 0.5) is 22.0 Å². The number of imide groups is 1.